The highest BCUT2D eigenvalue weighted by molar-refractivity contribution is 6.32. The minimum Gasteiger partial charge on any atom is -0.383 e. The van der Waals surface area contributed by atoms with Crippen molar-refractivity contribution in [2.24, 2.45) is 15.9 Å². The third-order valence-corrected chi connectivity index (χ3v) is 5.10. The zero-order valence-corrected chi connectivity index (χ0v) is 17.9. The van der Waals surface area contributed by atoms with Gasteiger partial charge in [0.15, 0.2) is 5.82 Å². The topological polar surface area (TPSA) is 133 Å². The van der Waals surface area contributed by atoms with Crippen molar-refractivity contribution in [1.29, 1.82) is 0 Å². The fourth-order valence-corrected chi connectivity index (χ4v) is 3.35. The molecule has 14 heteroatoms. The number of anilines is 1. The molecule has 1 aromatic carbocycles. The van der Waals surface area contributed by atoms with E-state index >= 15 is 0 Å². The van der Waals surface area contributed by atoms with Crippen LogP contribution in [0.2, 0.25) is 0 Å². The summed E-state index contributed by atoms with van der Waals surface area (Å²) in [6.07, 6.45) is 1.32. The fourth-order valence-electron chi connectivity index (χ4n) is 3.35. The number of fused-ring (bicyclic) bond motifs is 1. The lowest BCUT2D eigenvalue weighted by atomic mass is 10.1. The van der Waals surface area contributed by atoms with Crippen LogP contribution in [0.1, 0.15) is 18.8 Å². The van der Waals surface area contributed by atoms with Crippen LogP contribution in [-0.2, 0) is 6.18 Å². The van der Waals surface area contributed by atoms with Crippen molar-refractivity contribution in [3.8, 4) is 11.1 Å². The van der Waals surface area contributed by atoms with Gasteiger partial charge in [0.05, 0.1) is 23.3 Å². The third kappa shape index (κ3) is 4.62. The van der Waals surface area contributed by atoms with Crippen molar-refractivity contribution in [3.63, 3.8) is 0 Å². The normalized spacial score (nSPS) is 13.6. The van der Waals surface area contributed by atoms with Crippen LogP contribution in [0.15, 0.2) is 53.2 Å². The van der Waals surface area contributed by atoms with Gasteiger partial charge >= 0.3 is 6.18 Å². The number of hydrazone groups is 1. The highest BCUT2D eigenvalue weighted by atomic mass is 19.4. The van der Waals surface area contributed by atoms with E-state index in [1.807, 2.05) is 0 Å². The van der Waals surface area contributed by atoms with E-state index in [9.17, 15) is 22.0 Å². The molecule has 0 radical (unpaired) electrons. The Hall–Kier alpha value is -4.49. The summed E-state index contributed by atoms with van der Waals surface area (Å²) in [5.74, 6) is 2.69. The number of nitrogens with two attached hydrogens (primary N) is 2. The van der Waals surface area contributed by atoms with Crippen LogP contribution in [0.5, 0.6) is 0 Å². The zero-order valence-electron chi connectivity index (χ0n) is 17.9. The summed E-state index contributed by atoms with van der Waals surface area (Å²) in [6.45, 7) is 1.68. The minimum atomic E-state index is -4.70. The molecule has 0 aliphatic carbocycles. The Kier molecular flexibility index (Phi) is 6.11. The number of rotatable bonds is 5. The molecule has 0 saturated heterocycles. The molecule has 180 valence electrons. The summed E-state index contributed by atoms with van der Waals surface area (Å²) >= 11 is 0. The van der Waals surface area contributed by atoms with E-state index in [4.69, 9.17) is 11.6 Å². The van der Waals surface area contributed by atoms with Gasteiger partial charge in [-0.3, -0.25) is 4.99 Å². The molecule has 3 heterocycles. The largest absolute Gasteiger partial charge is 0.451 e. The summed E-state index contributed by atoms with van der Waals surface area (Å²) in [5.41, 5.74) is 7.02. The van der Waals surface area contributed by atoms with Gasteiger partial charge < -0.3 is 16.1 Å². The standard InChI is InChI=1S/C21H16F5N9/c1-10(16(34-28)7-29-15-3-2-12(22)4-14(15)23)35-8-13(17-18(27)32-9-33-19(17)35)11-5-30-20(31-6-11)21(24,25)26/h2-10H,28H2,1H3,(H2,27,32,33). The second-order valence-corrected chi connectivity index (χ2v) is 7.28. The molecule has 3 aromatic heterocycles. The van der Waals surface area contributed by atoms with Gasteiger partial charge in [-0.15, -0.1) is 0 Å². The number of nitrogens with zero attached hydrogens (tertiary/aromatic N) is 7. The first-order chi connectivity index (χ1) is 16.6. The van der Waals surface area contributed by atoms with E-state index in [0.717, 1.165) is 24.5 Å². The number of halogens is 5. The minimum absolute atomic E-state index is 0.0733. The van der Waals surface area contributed by atoms with Crippen molar-refractivity contribution < 1.29 is 22.0 Å². The van der Waals surface area contributed by atoms with Crippen molar-refractivity contribution in [1.82, 2.24) is 24.5 Å². The Bertz CT molecular complexity index is 1440. The molecule has 0 bridgehead atoms. The van der Waals surface area contributed by atoms with Crippen molar-refractivity contribution in [3.05, 3.63) is 60.6 Å². The van der Waals surface area contributed by atoms with Gasteiger partial charge in [0.25, 0.3) is 0 Å². The monoisotopic (exact) mass is 489 g/mol. The average Bonchev–Trinajstić information content (AvgIpc) is 3.21. The Morgan fingerprint density at radius 1 is 1.11 bits per heavy atom. The highest BCUT2D eigenvalue weighted by Crippen LogP contribution is 2.35. The molecule has 0 amide bonds. The Morgan fingerprint density at radius 3 is 2.46 bits per heavy atom. The molecule has 0 fully saturated rings. The number of alkyl halides is 3. The molecule has 4 aromatic rings. The van der Waals surface area contributed by atoms with E-state index in [-0.39, 0.29) is 22.8 Å². The molecule has 9 nitrogen and oxygen atoms in total. The first-order valence-corrected chi connectivity index (χ1v) is 9.87. The quantitative estimate of drug-likeness (QED) is 0.188. The van der Waals surface area contributed by atoms with Gasteiger partial charge in [-0.1, -0.05) is 0 Å². The van der Waals surface area contributed by atoms with Gasteiger partial charge in [0, 0.05) is 35.8 Å². The lowest BCUT2D eigenvalue weighted by Crippen LogP contribution is -2.19. The lowest BCUT2D eigenvalue weighted by molar-refractivity contribution is -0.144. The molecule has 1 atom stereocenters. The molecule has 4 rings (SSSR count). The van der Waals surface area contributed by atoms with Crippen LogP contribution in [0, 0.1) is 11.6 Å². The zero-order chi connectivity index (χ0) is 25.3. The van der Waals surface area contributed by atoms with E-state index in [2.05, 4.69) is 30.0 Å². The predicted octanol–water partition coefficient (Wildman–Crippen LogP) is 4.05. The Labute approximate surface area is 194 Å². The van der Waals surface area contributed by atoms with Gasteiger partial charge in [-0.05, 0) is 19.1 Å². The second-order valence-electron chi connectivity index (χ2n) is 7.28. The molecular formula is C21H16F5N9. The summed E-state index contributed by atoms with van der Waals surface area (Å²) in [7, 11) is 0. The fraction of sp³-hybridized carbons (Fsp3) is 0.143. The number of aliphatic imine (C=N–C) groups is 1. The molecule has 0 spiro atoms. The third-order valence-electron chi connectivity index (χ3n) is 5.10. The van der Waals surface area contributed by atoms with Crippen molar-refractivity contribution in [2.45, 2.75) is 19.1 Å². The maximum Gasteiger partial charge on any atom is 0.451 e. The average molecular weight is 489 g/mol. The van der Waals surface area contributed by atoms with Gasteiger partial charge in [-0.2, -0.15) is 18.3 Å². The van der Waals surface area contributed by atoms with Crippen molar-refractivity contribution in [2.75, 3.05) is 5.73 Å². The molecule has 1 unspecified atom stereocenters. The van der Waals surface area contributed by atoms with E-state index < -0.39 is 29.7 Å². The lowest BCUT2D eigenvalue weighted by Gasteiger charge is -2.14. The van der Waals surface area contributed by atoms with Crippen LogP contribution >= 0.6 is 0 Å². The number of hydrogen-bond acceptors (Lipinski definition) is 8. The smallest absolute Gasteiger partial charge is 0.383 e. The molecule has 0 saturated carbocycles. The van der Waals surface area contributed by atoms with Crippen LogP contribution in [0.3, 0.4) is 0 Å². The Morgan fingerprint density at radius 2 is 1.83 bits per heavy atom. The van der Waals surface area contributed by atoms with Crippen LogP contribution in [-0.4, -0.2) is 36.4 Å². The number of hydrogen-bond donors (Lipinski definition) is 2. The van der Waals surface area contributed by atoms with E-state index in [1.165, 1.54) is 12.5 Å². The number of nitrogen functional groups attached to an aromatic ring is 1. The maximum atomic E-state index is 13.9. The molecule has 4 N–H and O–H groups in total. The van der Waals surface area contributed by atoms with Gasteiger partial charge in [0.2, 0.25) is 5.82 Å². The highest BCUT2D eigenvalue weighted by Gasteiger charge is 2.34. The summed E-state index contributed by atoms with van der Waals surface area (Å²) in [5, 5.41) is 4.05. The number of benzene rings is 1. The molecule has 35 heavy (non-hydrogen) atoms. The number of aromatic nitrogens is 5. The van der Waals surface area contributed by atoms with E-state index in [0.29, 0.717) is 22.7 Å². The second kappa shape index (κ2) is 9.04. The summed E-state index contributed by atoms with van der Waals surface area (Å²) in [4.78, 5) is 19.0. The first kappa shape index (κ1) is 23.7. The predicted molar refractivity (Wildman–Crippen MR) is 119 cm³/mol. The van der Waals surface area contributed by atoms with Crippen molar-refractivity contribution >= 4 is 34.5 Å². The first-order valence-electron chi connectivity index (χ1n) is 9.87. The Balaban J connectivity index is 1.76. The summed E-state index contributed by atoms with van der Waals surface area (Å²) in [6, 6.07) is 2.25. The summed E-state index contributed by atoms with van der Waals surface area (Å²) < 4.78 is 67.3. The molecule has 0 aliphatic rings. The van der Waals surface area contributed by atoms with E-state index in [1.54, 1.807) is 17.7 Å². The van der Waals surface area contributed by atoms with Crippen LogP contribution < -0.4 is 11.6 Å². The van der Waals surface area contributed by atoms with Gasteiger partial charge in [-0.25, -0.2) is 28.7 Å². The maximum absolute atomic E-state index is 13.9. The van der Waals surface area contributed by atoms with Gasteiger partial charge in [0.1, 0.15) is 29.3 Å². The molecule has 0 aliphatic heterocycles. The van der Waals surface area contributed by atoms with Crippen LogP contribution in [0.25, 0.3) is 22.2 Å². The molecular weight excluding hydrogens is 473 g/mol. The SMILES string of the molecule is CC(C(C=Nc1ccc(F)cc1F)=NN)n1cc(-c2cnc(C(F)(F)F)nc2)c2c(N)ncnc21. The van der Waals surface area contributed by atoms with Crippen LogP contribution in [0.4, 0.5) is 33.5 Å².